The molecule has 7 nitrogen and oxygen atoms in total. The van der Waals surface area contributed by atoms with E-state index in [1.54, 1.807) is 41.7 Å². The number of carbonyl (C=O) groups excluding carboxylic acids is 2. The molecule has 2 aromatic rings. The number of ketones is 1. The van der Waals surface area contributed by atoms with Gasteiger partial charge in [0.1, 0.15) is 18.8 Å². The number of hydrogen-bond acceptors (Lipinski definition) is 6. The zero-order valence-corrected chi connectivity index (χ0v) is 17.6. The Kier molecular flexibility index (Phi) is 6.17. The number of benzene rings is 1. The summed E-state index contributed by atoms with van der Waals surface area (Å²) in [5.41, 5.74) is 0.761. The van der Waals surface area contributed by atoms with E-state index in [2.05, 4.69) is 0 Å². The lowest BCUT2D eigenvalue weighted by Gasteiger charge is -2.30. The topological polar surface area (TPSA) is 83.3 Å². The van der Waals surface area contributed by atoms with Gasteiger partial charge in [0.25, 0.3) is 0 Å². The molecule has 1 saturated heterocycles. The molecule has 1 unspecified atom stereocenters. The van der Waals surface area contributed by atoms with Crippen molar-refractivity contribution in [3.63, 3.8) is 0 Å². The second kappa shape index (κ2) is 8.99. The molecule has 0 saturated carbocycles. The second-order valence-corrected chi connectivity index (χ2v) is 8.28. The third-order valence-electron chi connectivity index (χ3n) is 5.61. The van der Waals surface area contributed by atoms with Crippen LogP contribution in [0.2, 0.25) is 0 Å². The first kappa shape index (κ1) is 20.6. The van der Waals surface area contributed by atoms with Gasteiger partial charge >= 0.3 is 0 Å². The quantitative estimate of drug-likeness (QED) is 0.631. The lowest BCUT2D eigenvalue weighted by atomic mass is 9.95. The molecule has 1 N–H and O–H groups in total. The highest BCUT2D eigenvalue weighted by Crippen LogP contribution is 2.38. The van der Waals surface area contributed by atoms with Crippen molar-refractivity contribution in [2.45, 2.75) is 6.04 Å². The fourth-order valence-corrected chi connectivity index (χ4v) is 4.64. The highest BCUT2D eigenvalue weighted by atomic mass is 32.1. The minimum absolute atomic E-state index is 0.0320. The number of ether oxygens (including phenoxy) is 2. The van der Waals surface area contributed by atoms with Crippen LogP contribution in [-0.2, 0) is 9.53 Å². The molecule has 4 rings (SSSR count). The predicted molar refractivity (Wildman–Crippen MR) is 110 cm³/mol. The van der Waals surface area contributed by atoms with Crippen molar-refractivity contribution in [3.8, 4) is 5.75 Å². The maximum Gasteiger partial charge on any atom is 0.240 e. The van der Waals surface area contributed by atoms with Gasteiger partial charge in [0, 0.05) is 5.57 Å². The third-order valence-corrected chi connectivity index (χ3v) is 6.48. The first-order valence-corrected chi connectivity index (χ1v) is 10.8. The maximum absolute atomic E-state index is 13.1. The molecule has 0 spiro atoms. The fraction of sp³-hybridized carbons (Fsp3) is 0.364. The van der Waals surface area contributed by atoms with Gasteiger partial charge in [0.15, 0.2) is 0 Å². The smallest absolute Gasteiger partial charge is 0.240 e. The molecule has 1 fully saturated rings. The highest BCUT2D eigenvalue weighted by molar-refractivity contribution is 7.12. The van der Waals surface area contributed by atoms with Crippen molar-refractivity contribution in [2.24, 2.45) is 0 Å². The van der Waals surface area contributed by atoms with Crippen LogP contribution in [0.1, 0.15) is 21.3 Å². The van der Waals surface area contributed by atoms with E-state index in [1.807, 2.05) is 12.1 Å². The number of methoxy groups -OCH3 is 1. The summed E-state index contributed by atoms with van der Waals surface area (Å²) in [5.74, 6) is -1.01. The molecule has 8 heteroatoms. The molecule has 1 atom stereocenters. The zero-order chi connectivity index (χ0) is 21.1. The number of nitrogens with zero attached hydrogens (tertiary/aromatic N) is 1. The number of rotatable bonds is 7. The lowest BCUT2D eigenvalue weighted by Crippen LogP contribution is -3.14. The number of nitrogens with one attached hydrogen (secondary N) is 1. The van der Waals surface area contributed by atoms with Crippen LogP contribution in [0.25, 0.3) is 0 Å². The Morgan fingerprint density at radius 1 is 1.27 bits per heavy atom. The highest BCUT2D eigenvalue weighted by Gasteiger charge is 2.40. The van der Waals surface area contributed by atoms with Gasteiger partial charge in [-0.3, -0.25) is 9.59 Å². The van der Waals surface area contributed by atoms with Gasteiger partial charge in [-0.05, 0) is 34.9 Å². The Bertz CT molecular complexity index is 933. The molecule has 1 amide bonds. The molecule has 2 aliphatic heterocycles. The van der Waals surface area contributed by atoms with Crippen LogP contribution < -0.4 is 14.7 Å². The minimum atomic E-state index is -0.703. The molecule has 1 aromatic heterocycles. The summed E-state index contributed by atoms with van der Waals surface area (Å²) < 4.78 is 10.6. The van der Waals surface area contributed by atoms with Crippen LogP contribution in [-0.4, -0.2) is 63.1 Å². The van der Waals surface area contributed by atoms with E-state index < -0.39 is 17.7 Å². The molecule has 158 valence electrons. The van der Waals surface area contributed by atoms with Gasteiger partial charge in [-0.25, -0.2) is 0 Å². The lowest BCUT2D eigenvalue weighted by molar-refractivity contribution is -0.907. The fourth-order valence-electron chi connectivity index (χ4n) is 3.96. The van der Waals surface area contributed by atoms with E-state index in [9.17, 15) is 14.7 Å². The van der Waals surface area contributed by atoms with Crippen molar-refractivity contribution in [1.29, 1.82) is 0 Å². The van der Waals surface area contributed by atoms with Crippen LogP contribution in [0, 0.1) is 0 Å². The van der Waals surface area contributed by atoms with Crippen LogP contribution in [0.3, 0.4) is 0 Å². The van der Waals surface area contributed by atoms with Crippen molar-refractivity contribution in [2.75, 3.05) is 46.5 Å². The molecule has 30 heavy (non-hydrogen) atoms. The molecule has 0 bridgehead atoms. The molecular weight excluding hydrogens is 404 g/mol. The molecule has 0 radical (unpaired) electrons. The molecule has 1 aromatic carbocycles. The van der Waals surface area contributed by atoms with E-state index in [1.165, 1.54) is 16.2 Å². The van der Waals surface area contributed by atoms with E-state index in [0.29, 0.717) is 36.9 Å². The number of morpholine rings is 1. The Hall–Kier alpha value is -2.68. The van der Waals surface area contributed by atoms with Crippen molar-refractivity contribution < 1.29 is 29.1 Å². The van der Waals surface area contributed by atoms with E-state index >= 15 is 0 Å². The second-order valence-electron chi connectivity index (χ2n) is 7.34. The van der Waals surface area contributed by atoms with Crippen LogP contribution >= 0.6 is 11.3 Å². The maximum atomic E-state index is 13.1. The average molecular weight is 429 g/mol. The van der Waals surface area contributed by atoms with E-state index in [0.717, 1.165) is 18.7 Å². The third kappa shape index (κ3) is 3.98. The van der Waals surface area contributed by atoms with Crippen LogP contribution in [0.5, 0.6) is 5.75 Å². The van der Waals surface area contributed by atoms with Gasteiger partial charge in [0.2, 0.25) is 11.7 Å². The van der Waals surface area contributed by atoms with Crippen LogP contribution in [0.4, 0.5) is 0 Å². The normalized spacial score (nSPS) is 20.1. The van der Waals surface area contributed by atoms with Crippen molar-refractivity contribution in [3.05, 3.63) is 63.6 Å². The Morgan fingerprint density at radius 3 is 2.63 bits per heavy atom. The number of carbonyl (C=O) groups is 2. The number of hydrogen-bond donors (Lipinski definition) is 1. The summed E-state index contributed by atoms with van der Waals surface area (Å²) in [6.07, 6.45) is 0. The van der Waals surface area contributed by atoms with Gasteiger partial charge in [0.05, 0.1) is 44.3 Å². The van der Waals surface area contributed by atoms with Crippen LogP contribution in [0.15, 0.2) is 53.1 Å². The summed E-state index contributed by atoms with van der Waals surface area (Å²) >= 11 is 1.27. The summed E-state index contributed by atoms with van der Waals surface area (Å²) in [6.45, 7) is 4.23. The van der Waals surface area contributed by atoms with Gasteiger partial charge in [-0.15, -0.1) is 11.3 Å². The summed E-state index contributed by atoms with van der Waals surface area (Å²) in [7, 11) is 1.58. The van der Waals surface area contributed by atoms with E-state index in [4.69, 9.17) is 9.47 Å². The number of quaternary nitrogens is 1. The predicted octanol–water partition coefficient (Wildman–Crippen LogP) is 0.0524. The number of thiophene rings is 1. The first-order valence-electron chi connectivity index (χ1n) is 9.95. The Labute approximate surface area is 179 Å². The van der Waals surface area contributed by atoms with Gasteiger partial charge < -0.3 is 24.4 Å². The summed E-state index contributed by atoms with van der Waals surface area (Å²) in [4.78, 5) is 29.4. The number of amides is 1. The van der Waals surface area contributed by atoms with E-state index in [-0.39, 0.29) is 11.4 Å². The van der Waals surface area contributed by atoms with Crippen molar-refractivity contribution >= 4 is 23.0 Å². The molecule has 3 heterocycles. The SMILES string of the molecule is COc1ccc(C2C(C(=O)c3cccs3)=C([O-])C(=O)N2CC[NH+]2CCOCC2)cc1. The first-order chi connectivity index (χ1) is 14.6. The molecule has 2 aliphatic rings. The largest absolute Gasteiger partial charge is 0.868 e. The molecule has 0 aliphatic carbocycles. The Morgan fingerprint density at radius 2 is 2.00 bits per heavy atom. The van der Waals surface area contributed by atoms with Gasteiger partial charge in [-0.2, -0.15) is 0 Å². The monoisotopic (exact) mass is 428 g/mol. The number of Topliss-reactive ketones (excluding diaryl/α,β-unsaturated/α-hetero) is 1. The zero-order valence-electron chi connectivity index (χ0n) is 16.8. The standard InChI is InChI=1S/C22H24N2O5S/c1-28-16-6-4-15(5-7-16)19-18(20(25)17-3-2-14-30-17)21(26)22(27)24(19)9-8-23-10-12-29-13-11-23/h2-7,14,19,26H,8-13H2,1H3. The minimum Gasteiger partial charge on any atom is -0.868 e. The molecular formula is C22H24N2O5S. The average Bonchev–Trinajstić information content (AvgIpc) is 3.41. The summed E-state index contributed by atoms with van der Waals surface area (Å²) in [5, 5.41) is 14.7. The Balaban J connectivity index is 1.66. The van der Waals surface area contributed by atoms with Crippen molar-refractivity contribution in [1.82, 2.24) is 4.90 Å². The summed E-state index contributed by atoms with van der Waals surface area (Å²) in [6, 6.07) is 9.94. The van der Waals surface area contributed by atoms with Gasteiger partial charge in [-0.1, -0.05) is 18.2 Å².